The number of carbonyl (C=O) groups excluding carboxylic acids is 1. The van der Waals surface area contributed by atoms with Gasteiger partial charge in [-0.05, 0) is 37.1 Å². The number of piperidine rings is 1. The standard InChI is InChI=1S/C13H16N2O2S/c14-12(17)9-5-7-15(8-6-9)13(18)10-1-3-11(16)4-2-10/h1-4,9,16H,5-8H2,(H2,14,17). The first-order chi connectivity index (χ1) is 8.58. The smallest absolute Gasteiger partial charge is 0.220 e. The van der Waals surface area contributed by atoms with Gasteiger partial charge >= 0.3 is 0 Å². The first-order valence-electron chi connectivity index (χ1n) is 5.95. The molecule has 0 aliphatic carbocycles. The number of thiocarbonyl (C=S) groups is 1. The Balaban J connectivity index is 1.99. The monoisotopic (exact) mass is 264 g/mol. The molecular formula is C13H16N2O2S. The van der Waals surface area contributed by atoms with Crippen LogP contribution in [0.2, 0.25) is 0 Å². The summed E-state index contributed by atoms with van der Waals surface area (Å²) in [7, 11) is 0. The topological polar surface area (TPSA) is 66.6 Å². The Morgan fingerprint density at radius 1 is 1.28 bits per heavy atom. The molecule has 18 heavy (non-hydrogen) atoms. The van der Waals surface area contributed by atoms with Crippen molar-refractivity contribution >= 4 is 23.1 Å². The van der Waals surface area contributed by atoms with Crippen molar-refractivity contribution in [2.75, 3.05) is 13.1 Å². The van der Waals surface area contributed by atoms with E-state index in [1.54, 1.807) is 24.3 Å². The van der Waals surface area contributed by atoms with Crippen molar-refractivity contribution in [3.63, 3.8) is 0 Å². The minimum atomic E-state index is -0.217. The first-order valence-corrected chi connectivity index (χ1v) is 6.36. The molecule has 1 aromatic rings. The lowest BCUT2D eigenvalue weighted by Gasteiger charge is -2.32. The number of likely N-dealkylation sites (tertiary alicyclic amines) is 1. The van der Waals surface area contributed by atoms with E-state index in [9.17, 15) is 9.90 Å². The highest BCUT2D eigenvalue weighted by Crippen LogP contribution is 2.20. The Kier molecular flexibility index (Phi) is 3.81. The number of nitrogens with zero attached hydrogens (tertiary/aromatic N) is 1. The van der Waals surface area contributed by atoms with Crippen LogP contribution in [0, 0.1) is 5.92 Å². The van der Waals surface area contributed by atoms with E-state index in [1.807, 2.05) is 0 Å². The molecule has 3 N–H and O–H groups in total. The van der Waals surface area contributed by atoms with E-state index in [-0.39, 0.29) is 17.6 Å². The van der Waals surface area contributed by atoms with Gasteiger partial charge in [-0.2, -0.15) is 0 Å². The Morgan fingerprint density at radius 2 is 1.83 bits per heavy atom. The third kappa shape index (κ3) is 2.79. The maximum Gasteiger partial charge on any atom is 0.220 e. The fourth-order valence-corrected chi connectivity index (χ4v) is 2.47. The van der Waals surface area contributed by atoms with E-state index in [1.165, 1.54) is 0 Å². The molecule has 5 heteroatoms. The highest BCUT2D eigenvalue weighted by atomic mass is 32.1. The molecule has 0 bridgehead atoms. The van der Waals surface area contributed by atoms with E-state index >= 15 is 0 Å². The number of nitrogens with two attached hydrogens (primary N) is 1. The molecule has 1 fully saturated rings. The summed E-state index contributed by atoms with van der Waals surface area (Å²) in [5.74, 6) is -0.0111. The van der Waals surface area contributed by atoms with Gasteiger partial charge in [0.15, 0.2) is 0 Å². The van der Waals surface area contributed by atoms with Crippen LogP contribution >= 0.6 is 12.2 Å². The molecule has 0 aromatic heterocycles. The average molecular weight is 264 g/mol. The average Bonchev–Trinajstić information content (AvgIpc) is 2.39. The van der Waals surface area contributed by atoms with Gasteiger partial charge in [-0.1, -0.05) is 12.2 Å². The molecule has 0 spiro atoms. The fraction of sp³-hybridized carbons (Fsp3) is 0.385. The van der Waals surface area contributed by atoms with Crippen LogP contribution in [0.25, 0.3) is 0 Å². The Hall–Kier alpha value is -1.62. The number of hydrogen-bond acceptors (Lipinski definition) is 3. The second-order valence-corrected chi connectivity index (χ2v) is 4.90. The summed E-state index contributed by atoms with van der Waals surface area (Å²) in [6.07, 6.45) is 1.51. The molecule has 0 unspecified atom stereocenters. The van der Waals surface area contributed by atoms with Crippen LogP contribution in [-0.4, -0.2) is 34.0 Å². The van der Waals surface area contributed by atoms with Gasteiger partial charge in [0.25, 0.3) is 0 Å². The molecule has 1 aliphatic rings. The van der Waals surface area contributed by atoms with Crippen molar-refractivity contribution in [2.45, 2.75) is 12.8 Å². The number of hydrogen-bond donors (Lipinski definition) is 2. The number of phenolic OH excluding ortho intramolecular Hbond substituents is 1. The van der Waals surface area contributed by atoms with Crippen molar-refractivity contribution in [1.82, 2.24) is 4.90 Å². The van der Waals surface area contributed by atoms with Gasteiger partial charge in [0.05, 0.1) is 0 Å². The molecule has 1 amide bonds. The number of primary amides is 1. The summed E-state index contributed by atoms with van der Waals surface area (Å²) < 4.78 is 0. The van der Waals surface area contributed by atoms with E-state index in [0.717, 1.165) is 36.5 Å². The maximum atomic E-state index is 11.1. The van der Waals surface area contributed by atoms with Crippen LogP contribution < -0.4 is 5.73 Å². The summed E-state index contributed by atoms with van der Waals surface area (Å²) in [5, 5.41) is 9.24. The minimum Gasteiger partial charge on any atom is -0.508 e. The molecule has 1 saturated heterocycles. The lowest BCUT2D eigenvalue weighted by molar-refractivity contribution is -0.122. The van der Waals surface area contributed by atoms with Crippen LogP contribution in [0.4, 0.5) is 0 Å². The molecular weight excluding hydrogens is 248 g/mol. The SMILES string of the molecule is NC(=O)C1CCN(C(=S)c2ccc(O)cc2)CC1. The largest absolute Gasteiger partial charge is 0.508 e. The van der Waals surface area contributed by atoms with Crippen LogP contribution in [0.5, 0.6) is 5.75 Å². The van der Waals surface area contributed by atoms with E-state index in [0.29, 0.717) is 0 Å². The second-order valence-electron chi connectivity index (χ2n) is 4.52. The summed E-state index contributed by atoms with van der Waals surface area (Å²) in [6.45, 7) is 1.51. The Bertz CT molecular complexity index is 451. The van der Waals surface area contributed by atoms with Crippen molar-refractivity contribution in [3.05, 3.63) is 29.8 Å². The molecule has 1 aromatic carbocycles. The number of carbonyl (C=O) groups is 1. The highest BCUT2D eigenvalue weighted by Gasteiger charge is 2.24. The summed E-state index contributed by atoms with van der Waals surface area (Å²) in [6, 6.07) is 6.85. The van der Waals surface area contributed by atoms with Gasteiger partial charge in [0.1, 0.15) is 10.7 Å². The summed E-state index contributed by atoms with van der Waals surface area (Å²) in [4.78, 5) is 13.9. The lowest BCUT2D eigenvalue weighted by Crippen LogP contribution is -2.41. The van der Waals surface area contributed by atoms with E-state index < -0.39 is 0 Å². The predicted molar refractivity (Wildman–Crippen MR) is 73.3 cm³/mol. The molecule has 2 rings (SSSR count). The van der Waals surface area contributed by atoms with Gasteiger partial charge in [-0.25, -0.2) is 0 Å². The zero-order chi connectivity index (χ0) is 13.1. The second kappa shape index (κ2) is 5.35. The minimum absolute atomic E-state index is 0.0242. The van der Waals surface area contributed by atoms with Crippen molar-refractivity contribution in [2.24, 2.45) is 11.7 Å². The molecule has 1 heterocycles. The zero-order valence-electron chi connectivity index (χ0n) is 10.0. The molecule has 0 radical (unpaired) electrons. The lowest BCUT2D eigenvalue weighted by atomic mass is 9.96. The third-order valence-electron chi connectivity index (χ3n) is 3.30. The molecule has 0 saturated carbocycles. The van der Waals surface area contributed by atoms with Gasteiger partial charge in [0.2, 0.25) is 5.91 Å². The van der Waals surface area contributed by atoms with Gasteiger partial charge < -0.3 is 15.7 Å². The van der Waals surface area contributed by atoms with Crippen LogP contribution in [0.15, 0.2) is 24.3 Å². The molecule has 96 valence electrons. The van der Waals surface area contributed by atoms with Crippen molar-refractivity contribution in [1.29, 1.82) is 0 Å². The fourth-order valence-electron chi connectivity index (χ4n) is 2.15. The van der Waals surface area contributed by atoms with Gasteiger partial charge in [0, 0.05) is 24.6 Å². The first kappa shape index (κ1) is 12.8. The number of rotatable bonds is 2. The zero-order valence-corrected chi connectivity index (χ0v) is 10.8. The molecule has 4 nitrogen and oxygen atoms in total. The number of amides is 1. The highest BCUT2D eigenvalue weighted by molar-refractivity contribution is 7.80. The predicted octanol–water partition coefficient (Wildman–Crippen LogP) is 1.26. The number of benzene rings is 1. The third-order valence-corrected chi connectivity index (χ3v) is 3.79. The molecule has 1 aliphatic heterocycles. The summed E-state index contributed by atoms with van der Waals surface area (Å²) >= 11 is 5.42. The quantitative estimate of drug-likeness (QED) is 0.789. The normalized spacial score (nSPS) is 16.6. The van der Waals surface area contributed by atoms with Crippen molar-refractivity contribution in [3.8, 4) is 5.75 Å². The number of aromatic hydroxyl groups is 1. The maximum absolute atomic E-state index is 11.1. The summed E-state index contributed by atoms with van der Waals surface area (Å²) in [5.41, 5.74) is 6.22. The Labute approximate surface area is 111 Å². The van der Waals surface area contributed by atoms with Crippen LogP contribution in [0.3, 0.4) is 0 Å². The van der Waals surface area contributed by atoms with Gasteiger partial charge in [-0.3, -0.25) is 4.79 Å². The number of phenols is 1. The van der Waals surface area contributed by atoms with E-state index in [2.05, 4.69) is 4.90 Å². The van der Waals surface area contributed by atoms with E-state index in [4.69, 9.17) is 18.0 Å². The van der Waals surface area contributed by atoms with Crippen molar-refractivity contribution < 1.29 is 9.90 Å². The molecule has 0 atom stereocenters. The Morgan fingerprint density at radius 3 is 2.33 bits per heavy atom. The van der Waals surface area contributed by atoms with Crippen LogP contribution in [0.1, 0.15) is 18.4 Å². The van der Waals surface area contributed by atoms with Crippen LogP contribution in [-0.2, 0) is 4.79 Å². The van der Waals surface area contributed by atoms with Gasteiger partial charge in [-0.15, -0.1) is 0 Å².